The zero-order chi connectivity index (χ0) is 13.5. The summed E-state index contributed by atoms with van der Waals surface area (Å²) in [4.78, 5) is 22.7. The number of amides is 2. The summed E-state index contributed by atoms with van der Waals surface area (Å²) < 4.78 is 0.825. The van der Waals surface area contributed by atoms with Crippen molar-refractivity contribution < 1.29 is 9.59 Å². The van der Waals surface area contributed by atoms with Crippen LogP contribution >= 0.6 is 15.9 Å². The van der Waals surface area contributed by atoms with Gasteiger partial charge in [-0.2, -0.15) is 0 Å². The van der Waals surface area contributed by atoms with Crippen LogP contribution in [0.1, 0.15) is 19.8 Å². The van der Waals surface area contributed by atoms with Crippen molar-refractivity contribution in [2.24, 2.45) is 5.73 Å². The lowest BCUT2D eigenvalue weighted by Gasteiger charge is -2.11. The Morgan fingerprint density at radius 3 is 2.61 bits per heavy atom. The molecule has 5 nitrogen and oxygen atoms in total. The monoisotopic (exact) mass is 313 g/mol. The molecule has 18 heavy (non-hydrogen) atoms. The number of carbonyl (C=O) groups excluding carboxylic acids is 2. The van der Waals surface area contributed by atoms with Gasteiger partial charge in [0.1, 0.15) is 0 Å². The molecule has 4 N–H and O–H groups in total. The van der Waals surface area contributed by atoms with E-state index < -0.39 is 0 Å². The van der Waals surface area contributed by atoms with E-state index in [9.17, 15) is 9.59 Å². The van der Waals surface area contributed by atoms with Gasteiger partial charge in [-0.05, 0) is 31.2 Å². The second kappa shape index (κ2) is 7.13. The Hall–Kier alpha value is -1.40. The lowest BCUT2D eigenvalue weighted by atomic mass is 10.2. The van der Waals surface area contributed by atoms with Gasteiger partial charge in [-0.15, -0.1) is 0 Å². The summed E-state index contributed by atoms with van der Waals surface area (Å²) in [5.41, 5.74) is 6.49. The summed E-state index contributed by atoms with van der Waals surface area (Å²) in [5.74, 6) is -0.306. The highest BCUT2D eigenvalue weighted by atomic mass is 79.9. The van der Waals surface area contributed by atoms with Crippen molar-refractivity contribution in [2.75, 3.05) is 17.2 Å². The molecule has 6 heteroatoms. The van der Waals surface area contributed by atoms with Crippen molar-refractivity contribution in [3.05, 3.63) is 22.7 Å². The zero-order valence-electron chi connectivity index (χ0n) is 10.1. The van der Waals surface area contributed by atoms with E-state index in [1.165, 1.54) is 6.92 Å². The van der Waals surface area contributed by atoms with Gasteiger partial charge in [0, 0.05) is 17.8 Å². The van der Waals surface area contributed by atoms with Crippen LogP contribution in [0.2, 0.25) is 0 Å². The Labute approximate surface area is 114 Å². The smallest absolute Gasteiger partial charge is 0.224 e. The van der Waals surface area contributed by atoms with Crippen molar-refractivity contribution in [1.29, 1.82) is 0 Å². The second-order valence-electron chi connectivity index (χ2n) is 3.81. The Morgan fingerprint density at radius 2 is 2.00 bits per heavy atom. The minimum atomic E-state index is -0.185. The SMILES string of the molecule is CC(=O)Nc1ccc(Br)cc1NC(=O)CCCN. The molecule has 1 rings (SSSR count). The third-order valence-electron chi connectivity index (χ3n) is 2.17. The van der Waals surface area contributed by atoms with Gasteiger partial charge in [-0.1, -0.05) is 15.9 Å². The molecule has 0 bridgehead atoms. The van der Waals surface area contributed by atoms with Gasteiger partial charge in [0.2, 0.25) is 11.8 Å². The lowest BCUT2D eigenvalue weighted by Crippen LogP contribution is -2.16. The van der Waals surface area contributed by atoms with E-state index in [1.54, 1.807) is 18.2 Å². The second-order valence-corrected chi connectivity index (χ2v) is 4.73. The third kappa shape index (κ3) is 4.85. The molecule has 0 radical (unpaired) electrons. The van der Waals surface area contributed by atoms with E-state index in [4.69, 9.17) is 5.73 Å². The summed E-state index contributed by atoms with van der Waals surface area (Å²) in [5, 5.41) is 5.42. The maximum Gasteiger partial charge on any atom is 0.224 e. The van der Waals surface area contributed by atoms with Crippen LogP contribution in [-0.2, 0) is 9.59 Å². The van der Waals surface area contributed by atoms with Crippen LogP contribution in [0.5, 0.6) is 0 Å². The van der Waals surface area contributed by atoms with Gasteiger partial charge in [0.05, 0.1) is 11.4 Å². The molecular formula is C12H16BrN3O2. The number of hydrogen-bond acceptors (Lipinski definition) is 3. The molecule has 0 aromatic heterocycles. The van der Waals surface area contributed by atoms with Crippen molar-refractivity contribution >= 4 is 39.1 Å². The quantitative estimate of drug-likeness (QED) is 0.778. The Morgan fingerprint density at radius 1 is 1.28 bits per heavy atom. The molecule has 0 saturated heterocycles. The van der Waals surface area contributed by atoms with Gasteiger partial charge >= 0.3 is 0 Å². The molecule has 0 heterocycles. The summed E-state index contributed by atoms with van der Waals surface area (Å²) in [7, 11) is 0. The maximum absolute atomic E-state index is 11.6. The lowest BCUT2D eigenvalue weighted by molar-refractivity contribution is -0.116. The summed E-state index contributed by atoms with van der Waals surface area (Å²) in [6, 6.07) is 5.26. The summed E-state index contributed by atoms with van der Waals surface area (Å²) in [6.07, 6.45) is 0.998. The van der Waals surface area contributed by atoms with Crippen molar-refractivity contribution in [3.63, 3.8) is 0 Å². The highest BCUT2D eigenvalue weighted by Gasteiger charge is 2.08. The molecule has 0 unspecified atom stereocenters. The molecule has 0 spiro atoms. The molecule has 98 valence electrons. The van der Waals surface area contributed by atoms with Crippen LogP contribution in [0.15, 0.2) is 22.7 Å². The molecule has 1 aromatic rings. The van der Waals surface area contributed by atoms with Gasteiger partial charge < -0.3 is 16.4 Å². The predicted molar refractivity (Wildman–Crippen MR) is 75.4 cm³/mol. The highest BCUT2D eigenvalue weighted by molar-refractivity contribution is 9.10. The fraction of sp³-hybridized carbons (Fsp3) is 0.333. The molecule has 1 aromatic carbocycles. The first kappa shape index (κ1) is 14.7. The van der Waals surface area contributed by atoms with Crippen LogP contribution in [0, 0.1) is 0 Å². The molecule has 0 aliphatic carbocycles. The molecule has 0 fully saturated rings. The van der Waals surface area contributed by atoms with E-state index in [-0.39, 0.29) is 11.8 Å². The molecule has 0 aliphatic rings. The minimum Gasteiger partial charge on any atom is -0.330 e. The number of nitrogens with one attached hydrogen (secondary N) is 2. The topological polar surface area (TPSA) is 84.2 Å². The van der Waals surface area contributed by atoms with E-state index >= 15 is 0 Å². The van der Waals surface area contributed by atoms with Crippen molar-refractivity contribution in [2.45, 2.75) is 19.8 Å². The first-order valence-electron chi connectivity index (χ1n) is 5.60. The number of nitrogens with two attached hydrogens (primary N) is 1. The largest absolute Gasteiger partial charge is 0.330 e. The first-order chi connectivity index (χ1) is 8.52. The van der Waals surface area contributed by atoms with E-state index in [1.807, 2.05) is 0 Å². The Kier molecular flexibility index (Phi) is 5.80. The minimum absolute atomic E-state index is 0.120. The third-order valence-corrected chi connectivity index (χ3v) is 2.67. The summed E-state index contributed by atoms with van der Waals surface area (Å²) in [6.45, 7) is 1.90. The van der Waals surface area contributed by atoms with Crippen LogP contribution < -0.4 is 16.4 Å². The number of halogens is 1. The maximum atomic E-state index is 11.6. The Balaban J connectivity index is 2.81. The average Bonchev–Trinajstić information content (AvgIpc) is 2.29. The standard InChI is InChI=1S/C12H16BrN3O2/c1-8(17)15-10-5-4-9(13)7-11(10)16-12(18)3-2-6-14/h4-5,7H,2-3,6,14H2,1H3,(H,15,17)(H,16,18). The molecule has 0 saturated carbocycles. The molecule has 2 amide bonds. The van der Waals surface area contributed by atoms with Crippen molar-refractivity contribution in [3.8, 4) is 0 Å². The van der Waals surface area contributed by atoms with Crippen LogP contribution in [0.3, 0.4) is 0 Å². The van der Waals surface area contributed by atoms with Gasteiger partial charge in [-0.3, -0.25) is 9.59 Å². The number of benzene rings is 1. The Bertz CT molecular complexity index is 449. The molecular weight excluding hydrogens is 298 g/mol. The molecule has 0 atom stereocenters. The zero-order valence-corrected chi connectivity index (χ0v) is 11.7. The normalized spacial score (nSPS) is 9.94. The summed E-state index contributed by atoms with van der Waals surface area (Å²) >= 11 is 3.32. The van der Waals surface area contributed by atoms with Gasteiger partial charge in [0.15, 0.2) is 0 Å². The number of anilines is 2. The molecule has 0 aliphatic heterocycles. The van der Waals surface area contributed by atoms with E-state index in [0.717, 1.165) is 4.47 Å². The van der Waals surface area contributed by atoms with Crippen LogP contribution in [0.25, 0.3) is 0 Å². The average molecular weight is 314 g/mol. The predicted octanol–water partition coefficient (Wildman–Crippen LogP) is 2.08. The number of rotatable bonds is 5. The van der Waals surface area contributed by atoms with Crippen LogP contribution in [-0.4, -0.2) is 18.4 Å². The number of hydrogen-bond donors (Lipinski definition) is 3. The van der Waals surface area contributed by atoms with Gasteiger partial charge in [0.25, 0.3) is 0 Å². The first-order valence-corrected chi connectivity index (χ1v) is 6.39. The fourth-order valence-electron chi connectivity index (χ4n) is 1.39. The number of carbonyl (C=O) groups is 2. The van der Waals surface area contributed by atoms with E-state index in [0.29, 0.717) is 30.8 Å². The van der Waals surface area contributed by atoms with Crippen LogP contribution in [0.4, 0.5) is 11.4 Å². The van der Waals surface area contributed by atoms with Crippen molar-refractivity contribution in [1.82, 2.24) is 0 Å². The van der Waals surface area contributed by atoms with E-state index in [2.05, 4.69) is 26.6 Å². The van der Waals surface area contributed by atoms with Gasteiger partial charge in [-0.25, -0.2) is 0 Å². The fourth-order valence-corrected chi connectivity index (χ4v) is 1.75. The highest BCUT2D eigenvalue weighted by Crippen LogP contribution is 2.26.